The Balaban J connectivity index is 2.33. The number of rotatable bonds is 2. The molecule has 0 saturated carbocycles. The predicted octanol–water partition coefficient (Wildman–Crippen LogP) is 3.06. The number of hydrogen-bond acceptors (Lipinski definition) is 3. The first-order chi connectivity index (χ1) is 6.79. The molecule has 1 heterocycles. The summed E-state index contributed by atoms with van der Waals surface area (Å²) in [4.78, 5) is 4.08. The normalized spacial score (nSPS) is 10.4. The lowest BCUT2D eigenvalue weighted by Gasteiger charge is -1.96. The van der Waals surface area contributed by atoms with E-state index in [1.807, 2.05) is 12.1 Å². The van der Waals surface area contributed by atoms with E-state index in [2.05, 4.69) is 45.1 Å². The largest absolute Gasteiger partial charge is 0.333 e. The minimum atomic E-state index is 0.479. The van der Waals surface area contributed by atoms with Gasteiger partial charge >= 0.3 is 0 Å². The molecule has 72 valence electrons. The topological polar surface area (TPSA) is 38.9 Å². The third kappa shape index (κ3) is 1.85. The lowest BCUT2D eigenvalue weighted by molar-refractivity contribution is 0.426. The first-order valence-corrected chi connectivity index (χ1v) is 5.17. The van der Waals surface area contributed by atoms with Gasteiger partial charge in [0.15, 0.2) is 0 Å². The highest BCUT2D eigenvalue weighted by molar-refractivity contribution is 9.10. The van der Waals surface area contributed by atoms with E-state index in [0.29, 0.717) is 10.6 Å². The van der Waals surface area contributed by atoms with Gasteiger partial charge in [-0.2, -0.15) is 4.98 Å². The average molecular weight is 253 g/mol. The summed E-state index contributed by atoms with van der Waals surface area (Å²) in [5.74, 6) is 0.541. The second-order valence-electron chi connectivity index (χ2n) is 2.92. The van der Waals surface area contributed by atoms with Gasteiger partial charge in [0, 0.05) is 5.56 Å². The Labute approximate surface area is 90.3 Å². The van der Waals surface area contributed by atoms with Crippen LogP contribution in [0.1, 0.15) is 12.5 Å². The van der Waals surface area contributed by atoms with Crippen LogP contribution in [0.3, 0.4) is 0 Å². The van der Waals surface area contributed by atoms with Gasteiger partial charge in [0.1, 0.15) is 0 Å². The highest BCUT2D eigenvalue weighted by Crippen LogP contribution is 2.19. The summed E-state index contributed by atoms with van der Waals surface area (Å²) in [6.07, 6.45) is 1.04. The highest BCUT2D eigenvalue weighted by Gasteiger charge is 2.05. The number of nitrogens with zero attached hydrogens (tertiary/aromatic N) is 2. The van der Waals surface area contributed by atoms with E-state index in [1.54, 1.807) is 0 Å². The smallest absolute Gasteiger partial charge is 0.258 e. The van der Waals surface area contributed by atoms with Gasteiger partial charge in [-0.15, -0.1) is 0 Å². The third-order valence-electron chi connectivity index (χ3n) is 2.01. The Morgan fingerprint density at radius 1 is 1.29 bits per heavy atom. The summed E-state index contributed by atoms with van der Waals surface area (Å²) in [6, 6.07) is 8.10. The van der Waals surface area contributed by atoms with Gasteiger partial charge in [-0.3, -0.25) is 0 Å². The molecule has 0 unspecified atom stereocenters. The van der Waals surface area contributed by atoms with Gasteiger partial charge in [-0.25, -0.2) is 0 Å². The van der Waals surface area contributed by atoms with Crippen molar-refractivity contribution in [3.8, 4) is 11.5 Å². The van der Waals surface area contributed by atoms with Crippen LogP contribution in [0.15, 0.2) is 33.5 Å². The van der Waals surface area contributed by atoms with Crippen molar-refractivity contribution in [2.45, 2.75) is 13.3 Å². The molecule has 0 radical (unpaired) electrons. The average Bonchev–Trinajstić information content (AvgIpc) is 2.65. The maximum atomic E-state index is 5.02. The van der Waals surface area contributed by atoms with E-state index in [0.717, 1.165) is 12.0 Å². The molecule has 2 rings (SSSR count). The van der Waals surface area contributed by atoms with Crippen LogP contribution in [-0.2, 0) is 6.42 Å². The first kappa shape index (κ1) is 9.40. The number of hydrogen-bond donors (Lipinski definition) is 0. The van der Waals surface area contributed by atoms with Crippen LogP contribution in [0.25, 0.3) is 11.5 Å². The molecule has 0 fully saturated rings. The molecule has 0 saturated heterocycles. The molecule has 0 atom stereocenters. The van der Waals surface area contributed by atoms with Crippen LogP contribution in [0.5, 0.6) is 0 Å². The van der Waals surface area contributed by atoms with Crippen LogP contribution >= 0.6 is 15.9 Å². The van der Waals surface area contributed by atoms with Crippen LogP contribution in [0.4, 0.5) is 0 Å². The van der Waals surface area contributed by atoms with Crippen LogP contribution in [0, 0.1) is 0 Å². The Morgan fingerprint density at radius 3 is 2.50 bits per heavy atom. The summed E-state index contributed by atoms with van der Waals surface area (Å²) >= 11 is 3.14. The molecule has 0 N–H and O–H groups in total. The lowest BCUT2D eigenvalue weighted by atomic mass is 10.1. The van der Waals surface area contributed by atoms with E-state index >= 15 is 0 Å². The van der Waals surface area contributed by atoms with E-state index < -0.39 is 0 Å². The maximum absolute atomic E-state index is 5.02. The summed E-state index contributed by atoms with van der Waals surface area (Å²) < 4.78 is 5.49. The van der Waals surface area contributed by atoms with Gasteiger partial charge in [0.25, 0.3) is 5.89 Å². The van der Waals surface area contributed by atoms with Crippen LogP contribution in [0.2, 0.25) is 0 Å². The van der Waals surface area contributed by atoms with Gasteiger partial charge < -0.3 is 4.52 Å². The van der Waals surface area contributed by atoms with Crippen molar-refractivity contribution in [3.05, 3.63) is 34.6 Å². The van der Waals surface area contributed by atoms with Crippen molar-refractivity contribution in [3.63, 3.8) is 0 Å². The zero-order valence-corrected chi connectivity index (χ0v) is 9.28. The SMILES string of the molecule is CCc1ccc(-c2nc(Br)no2)cc1. The number of benzene rings is 1. The second-order valence-corrected chi connectivity index (χ2v) is 3.63. The highest BCUT2D eigenvalue weighted by atomic mass is 79.9. The fraction of sp³-hybridized carbons (Fsp3) is 0.200. The van der Waals surface area contributed by atoms with E-state index in [9.17, 15) is 0 Å². The van der Waals surface area contributed by atoms with Gasteiger partial charge in [-0.1, -0.05) is 19.1 Å². The molecule has 0 aliphatic rings. The van der Waals surface area contributed by atoms with Crippen molar-refractivity contribution in [1.82, 2.24) is 10.1 Å². The van der Waals surface area contributed by atoms with Gasteiger partial charge in [0.05, 0.1) is 0 Å². The molecule has 2 aromatic rings. The fourth-order valence-corrected chi connectivity index (χ4v) is 1.44. The Morgan fingerprint density at radius 2 is 2.00 bits per heavy atom. The zero-order chi connectivity index (χ0) is 9.97. The summed E-state index contributed by atoms with van der Waals surface area (Å²) in [5, 5.41) is 3.67. The number of halogens is 1. The predicted molar refractivity (Wildman–Crippen MR) is 56.8 cm³/mol. The number of aryl methyl sites for hydroxylation is 1. The fourth-order valence-electron chi connectivity index (χ4n) is 1.21. The zero-order valence-electron chi connectivity index (χ0n) is 7.70. The molecule has 14 heavy (non-hydrogen) atoms. The minimum absolute atomic E-state index is 0.479. The lowest BCUT2D eigenvalue weighted by Crippen LogP contribution is -1.81. The van der Waals surface area contributed by atoms with Gasteiger partial charge in [0.2, 0.25) is 4.73 Å². The summed E-state index contributed by atoms with van der Waals surface area (Å²) in [5.41, 5.74) is 2.24. The van der Waals surface area contributed by atoms with Crippen LogP contribution in [-0.4, -0.2) is 10.1 Å². The quantitative estimate of drug-likeness (QED) is 0.825. The molecular formula is C10H9BrN2O. The molecule has 1 aromatic carbocycles. The molecule has 3 nitrogen and oxygen atoms in total. The van der Waals surface area contributed by atoms with Crippen molar-refractivity contribution in [2.75, 3.05) is 0 Å². The minimum Gasteiger partial charge on any atom is -0.333 e. The monoisotopic (exact) mass is 252 g/mol. The van der Waals surface area contributed by atoms with E-state index in [1.165, 1.54) is 5.56 Å². The molecule has 0 amide bonds. The van der Waals surface area contributed by atoms with Crippen molar-refractivity contribution < 1.29 is 4.52 Å². The van der Waals surface area contributed by atoms with Crippen molar-refractivity contribution >= 4 is 15.9 Å². The van der Waals surface area contributed by atoms with Crippen molar-refractivity contribution in [2.24, 2.45) is 0 Å². The standard InChI is InChI=1S/C10H9BrN2O/c1-2-7-3-5-8(6-4-7)9-12-10(11)13-14-9/h3-6H,2H2,1H3. The van der Waals surface area contributed by atoms with Gasteiger partial charge in [-0.05, 0) is 45.2 Å². The molecule has 0 aliphatic heterocycles. The molecular weight excluding hydrogens is 244 g/mol. The third-order valence-corrected chi connectivity index (χ3v) is 2.33. The molecule has 0 spiro atoms. The Hall–Kier alpha value is -1.16. The van der Waals surface area contributed by atoms with E-state index in [-0.39, 0.29) is 0 Å². The molecule has 0 aliphatic carbocycles. The second kappa shape index (κ2) is 3.92. The Kier molecular flexibility index (Phi) is 2.63. The summed E-state index contributed by atoms with van der Waals surface area (Å²) in [7, 11) is 0. The maximum Gasteiger partial charge on any atom is 0.258 e. The summed E-state index contributed by atoms with van der Waals surface area (Å²) in [6.45, 7) is 2.12. The molecule has 1 aromatic heterocycles. The number of aromatic nitrogens is 2. The Bertz CT molecular complexity index is 422. The molecule has 0 bridgehead atoms. The van der Waals surface area contributed by atoms with E-state index in [4.69, 9.17) is 4.52 Å². The molecule has 4 heteroatoms. The van der Waals surface area contributed by atoms with Crippen molar-refractivity contribution in [1.29, 1.82) is 0 Å². The van der Waals surface area contributed by atoms with Crippen LogP contribution < -0.4 is 0 Å². The first-order valence-electron chi connectivity index (χ1n) is 4.38.